The van der Waals surface area contributed by atoms with E-state index in [4.69, 9.17) is 14.6 Å². The second-order valence-electron chi connectivity index (χ2n) is 6.60. The Morgan fingerprint density at radius 3 is 2.47 bits per heavy atom. The van der Waals surface area contributed by atoms with Gasteiger partial charge in [0.05, 0.1) is 24.8 Å². The molecule has 1 atom stereocenters. The van der Waals surface area contributed by atoms with Gasteiger partial charge in [0.2, 0.25) is 0 Å². The number of nitrogens with one attached hydrogen (secondary N) is 1. The predicted molar refractivity (Wildman–Crippen MR) is 104 cm³/mol. The molecule has 3 rings (SSSR count). The summed E-state index contributed by atoms with van der Waals surface area (Å²) in [5.74, 6) is 0.476. The first-order chi connectivity index (χ1) is 14.2. The number of hydrogen-bond donors (Lipinski definition) is 2. The van der Waals surface area contributed by atoms with Crippen molar-refractivity contribution >= 4 is 16.8 Å². The number of nitrogens with zero attached hydrogens (tertiary/aromatic N) is 1. The van der Waals surface area contributed by atoms with Crippen LogP contribution in [0, 0.1) is 0 Å². The highest BCUT2D eigenvalue weighted by Crippen LogP contribution is 2.35. The first-order valence-electron chi connectivity index (χ1n) is 8.96. The molecule has 0 saturated carbocycles. The van der Waals surface area contributed by atoms with Crippen LogP contribution in [-0.4, -0.2) is 35.8 Å². The monoisotopic (exact) mass is 420 g/mol. The Hall–Kier alpha value is -3.33. The van der Waals surface area contributed by atoms with Crippen LogP contribution in [0.4, 0.5) is 13.2 Å². The van der Waals surface area contributed by atoms with E-state index in [9.17, 15) is 18.0 Å². The molecule has 1 unspecified atom stereocenters. The smallest absolute Gasteiger partial charge is 0.416 e. The lowest BCUT2D eigenvalue weighted by molar-refractivity contribution is -0.137. The number of halogens is 3. The van der Waals surface area contributed by atoms with Crippen molar-refractivity contribution in [1.82, 2.24) is 10.3 Å². The molecule has 0 saturated heterocycles. The van der Waals surface area contributed by atoms with Gasteiger partial charge in [0.25, 0.3) is 5.91 Å². The van der Waals surface area contributed by atoms with Crippen molar-refractivity contribution in [3.05, 3.63) is 59.8 Å². The molecule has 0 radical (unpaired) electrons. The minimum Gasteiger partial charge on any atom is -0.497 e. The fraction of sp³-hybridized carbons (Fsp3) is 0.238. The number of fused-ring (bicyclic) bond motifs is 1. The molecule has 30 heavy (non-hydrogen) atoms. The summed E-state index contributed by atoms with van der Waals surface area (Å²) < 4.78 is 49.2. The van der Waals surface area contributed by atoms with Gasteiger partial charge in [-0.3, -0.25) is 9.78 Å². The molecule has 1 heterocycles. The third-order valence-electron chi connectivity index (χ3n) is 4.28. The minimum atomic E-state index is -4.44. The van der Waals surface area contributed by atoms with E-state index in [2.05, 4.69) is 10.3 Å². The van der Waals surface area contributed by atoms with Crippen LogP contribution in [-0.2, 0) is 6.18 Å². The van der Waals surface area contributed by atoms with Crippen LogP contribution in [0.15, 0.2) is 48.7 Å². The van der Waals surface area contributed by atoms with Crippen LogP contribution in [0.5, 0.6) is 17.2 Å². The first kappa shape index (κ1) is 21.4. The van der Waals surface area contributed by atoms with Gasteiger partial charge in [0, 0.05) is 23.7 Å². The van der Waals surface area contributed by atoms with Crippen molar-refractivity contribution in [2.24, 2.45) is 0 Å². The summed E-state index contributed by atoms with van der Waals surface area (Å²) >= 11 is 0. The average molecular weight is 420 g/mol. The van der Waals surface area contributed by atoms with E-state index in [-0.39, 0.29) is 23.7 Å². The fourth-order valence-corrected chi connectivity index (χ4v) is 2.70. The van der Waals surface area contributed by atoms with Gasteiger partial charge in [-0.05, 0) is 43.3 Å². The summed E-state index contributed by atoms with van der Waals surface area (Å²) in [5.41, 5.74) is -0.102. The van der Waals surface area contributed by atoms with Crippen LogP contribution in [0.2, 0.25) is 0 Å². The van der Waals surface area contributed by atoms with E-state index in [1.54, 1.807) is 25.1 Å². The standard InChI is InChI=1S/C21H19F3N2O4/c1-12(11-27)26-20(28)14-7-13-8-17(29-2)9-18(19(13)25-10-14)30-16-5-3-15(4-6-16)21(22,23)24/h3-10,12,27H,11H2,1-2H3,(H,26,28). The number of benzene rings is 2. The molecular weight excluding hydrogens is 401 g/mol. The number of carbonyl (C=O) groups excluding carboxylic acids is 1. The number of aliphatic hydroxyl groups excluding tert-OH is 1. The zero-order chi connectivity index (χ0) is 21.9. The number of methoxy groups -OCH3 is 1. The Kier molecular flexibility index (Phi) is 6.12. The topological polar surface area (TPSA) is 80.7 Å². The van der Waals surface area contributed by atoms with Gasteiger partial charge in [-0.1, -0.05) is 0 Å². The predicted octanol–water partition coefficient (Wildman–Crippen LogP) is 4.17. The van der Waals surface area contributed by atoms with Gasteiger partial charge >= 0.3 is 6.18 Å². The van der Waals surface area contributed by atoms with Crippen molar-refractivity contribution in [1.29, 1.82) is 0 Å². The molecule has 0 aliphatic rings. The lowest BCUT2D eigenvalue weighted by Crippen LogP contribution is -2.35. The summed E-state index contributed by atoms with van der Waals surface area (Å²) in [5, 5.41) is 12.3. The lowest BCUT2D eigenvalue weighted by Gasteiger charge is -2.13. The zero-order valence-electron chi connectivity index (χ0n) is 16.2. The van der Waals surface area contributed by atoms with Gasteiger partial charge in [-0.2, -0.15) is 13.2 Å². The van der Waals surface area contributed by atoms with Crippen molar-refractivity contribution in [2.45, 2.75) is 19.1 Å². The Morgan fingerprint density at radius 2 is 1.87 bits per heavy atom. The molecule has 0 fully saturated rings. The molecule has 0 aliphatic carbocycles. The molecule has 0 aliphatic heterocycles. The van der Waals surface area contributed by atoms with Crippen LogP contribution in [0.3, 0.4) is 0 Å². The molecule has 6 nitrogen and oxygen atoms in total. The normalized spacial score (nSPS) is 12.5. The summed E-state index contributed by atoms with van der Waals surface area (Å²) in [7, 11) is 1.45. The van der Waals surface area contributed by atoms with E-state index in [0.717, 1.165) is 12.1 Å². The average Bonchev–Trinajstić information content (AvgIpc) is 2.72. The number of ether oxygens (including phenoxy) is 2. The van der Waals surface area contributed by atoms with Crippen molar-refractivity contribution in [2.75, 3.05) is 13.7 Å². The van der Waals surface area contributed by atoms with Gasteiger partial charge in [0.1, 0.15) is 17.0 Å². The van der Waals surface area contributed by atoms with Crippen LogP contribution < -0.4 is 14.8 Å². The second kappa shape index (κ2) is 8.58. The summed E-state index contributed by atoms with van der Waals surface area (Å²) in [6.07, 6.45) is -3.08. The molecule has 1 aromatic heterocycles. The number of aromatic nitrogens is 1. The highest BCUT2D eigenvalue weighted by atomic mass is 19.4. The van der Waals surface area contributed by atoms with E-state index < -0.39 is 23.7 Å². The molecule has 0 bridgehead atoms. The van der Waals surface area contributed by atoms with Crippen molar-refractivity contribution in [3.8, 4) is 17.2 Å². The SMILES string of the molecule is COc1cc(Oc2ccc(C(F)(F)F)cc2)c2ncc(C(=O)NC(C)CO)cc2c1. The minimum absolute atomic E-state index is 0.193. The maximum atomic E-state index is 12.7. The molecule has 2 aromatic carbocycles. The van der Waals surface area contributed by atoms with Gasteiger partial charge in [0.15, 0.2) is 5.75 Å². The molecular formula is C21H19F3N2O4. The first-order valence-corrected chi connectivity index (χ1v) is 8.96. The molecule has 0 spiro atoms. The van der Waals surface area contributed by atoms with E-state index in [1.165, 1.54) is 25.4 Å². The number of amides is 1. The summed E-state index contributed by atoms with van der Waals surface area (Å²) in [4.78, 5) is 16.6. The van der Waals surface area contributed by atoms with Crippen molar-refractivity contribution < 1.29 is 32.5 Å². The zero-order valence-corrected chi connectivity index (χ0v) is 16.2. The van der Waals surface area contributed by atoms with Gasteiger partial charge in [-0.25, -0.2) is 0 Å². The Bertz CT molecular complexity index is 1050. The van der Waals surface area contributed by atoms with E-state index >= 15 is 0 Å². The van der Waals surface area contributed by atoms with Crippen LogP contribution >= 0.6 is 0 Å². The molecule has 2 N–H and O–H groups in total. The summed E-state index contributed by atoms with van der Waals surface area (Å²) in [6, 6.07) is 8.67. The molecule has 3 aromatic rings. The summed E-state index contributed by atoms with van der Waals surface area (Å²) in [6.45, 7) is 1.46. The molecule has 9 heteroatoms. The van der Waals surface area contributed by atoms with E-state index in [0.29, 0.717) is 16.7 Å². The molecule has 1 amide bonds. The number of alkyl halides is 3. The second-order valence-corrected chi connectivity index (χ2v) is 6.60. The Labute approximate surface area is 170 Å². The van der Waals surface area contributed by atoms with Crippen molar-refractivity contribution in [3.63, 3.8) is 0 Å². The highest BCUT2D eigenvalue weighted by Gasteiger charge is 2.30. The maximum absolute atomic E-state index is 12.7. The third kappa shape index (κ3) is 4.80. The van der Waals surface area contributed by atoms with Gasteiger partial charge in [-0.15, -0.1) is 0 Å². The van der Waals surface area contributed by atoms with Crippen LogP contribution in [0.1, 0.15) is 22.8 Å². The number of hydrogen-bond acceptors (Lipinski definition) is 5. The Balaban J connectivity index is 1.95. The highest BCUT2D eigenvalue weighted by molar-refractivity contribution is 5.98. The number of pyridine rings is 1. The van der Waals surface area contributed by atoms with Crippen LogP contribution in [0.25, 0.3) is 10.9 Å². The molecule has 158 valence electrons. The lowest BCUT2D eigenvalue weighted by atomic mass is 10.1. The number of aliphatic hydroxyl groups is 1. The van der Waals surface area contributed by atoms with Gasteiger partial charge < -0.3 is 19.9 Å². The quantitative estimate of drug-likeness (QED) is 0.626. The maximum Gasteiger partial charge on any atom is 0.416 e. The Morgan fingerprint density at radius 1 is 1.17 bits per heavy atom. The third-order valence-corrected chi connectivity index (χ3v) is 4.28. The number of carbonyl (C=O) groups is 1. The fourth-order valence-electron chi connectivity index (χ4n) is 2.70. The van der Waals surface area contributed by atoms with E-state index in [1.807, 2.05) is 0 Å². The number of rotatable bonds is 6. The largest absolute Gasteiger partial charge is 0.497 e.